The first-order valence-electron chi connectivity index (χ1n) is 10.7. The third-order valence-corrected chi connectivity index (χ3v) is 5.76. The summed E-state index contributed by atoms with van der Waals surface area (Å²) in [6, 6.07) is 17.1. The highest BCUT2D eigenvalue weighted by Gasteiger charge is 2.16. The predicted octanol–water partition coefficient (Wildman–Crippen LogP) is 7.81. The molecule has 0 spiro atoms. The number of anilines is 1. The van der Waals surface area contributed by atoms with Crippen LogP contribution in [0.1, 0.15) is 82.9 Å². The van der Waals surface area contributed by atoms with Gasteiger partial charge in [0.25, 0.3) is 0 Å². The van der Waals surface area contributed by atoms with E-state index in [0.29, 0.717) is 11.8 Å². The van der Waals surface area contributed by atoms with E-state index in [0.717, 1.165) is 24.2 Å². The Morgan fingerprint density at radius 3 is 2.03 bits per heavy atom. The number of hydrogen-bond acceptors (Lipinski definition) is 2. The zero-order valence-electron chi connectivity index (χ0n) is 18.7. The van der Waals surface area contributed by atoms with Crippen molar-refractivity contribution in [3.8, 4) is 0 Å². The Kier molecular flexibility index (Phi) is 6.74. The molecule has 2 aromatic carbocycles. The van der Waals surface area contributed by atoms with Gasteiger partial charge >= 0.3 is 0 Å². The Morgan fingerprint density at radius 1 is 0.897 bits per heavy atom. The maximum absolute atomic E-state index is 4.97. The fourth-order valence-corrected chi connectivity index (χ4v) is 3.93. The normalized spacial score (nSPS) is 14.8. The summed E-state index contributed by atoms with van der Waals surface area (Å²) in [5.74, 6) is 0.886. The summed E-state index contributed by atoms with van der Waals surface area (Å²) in [6.45, 7) is 13.4. The van der Waals surface area contributed by atoms with Crippen LogP contribution in [0.5, 0.6) is 0 Å². The van der Waals surface area contributed by atoms with Crippen LogP contribution in [0, 0.1) is 0 Å². The van der Waals surface area contributed by atoms with Crippen molar-refractivity contribution in [1.29, 1.82) is 0 Å². The fraction of sp³-hybridized carbons (Fsp3) is 0.370. The first-order valence-corrected chi connectivity index (χ1v) is 10.7. The van der Waals surface area contributed by atoms with Crippen LogP contribution in [0.2, 0.25) is 0 Å². The molecule has 0 amide bonds. The summed E-state index contributed by atoms with van der Waals surface area (Å²) in [5.41, 5.74) is 13.9. The van der Waals surface area contributed by atoms with Gasteiger partial charge < -0.3 is 0 Å². The smallest absolute Gasteiger partial charge is 0.0720 e. The van der Waals surface area contributed by atoms with Gasteiger partial charge in [0.05, 0.1) is 11.4 Å². The number of nitrogens with zero attached hydrogens (tertiary/aromatic N) is 1. The lowest BCUT2D eigenvalue weighted by atomic mass is 9.93. The molecule has 2 aromatic rings. The van der Waals surface area contributed by atoms with Gasteiger partial charge in [-0.1, -0.05) is 99.0 Å². The molecule has 0 bridgehead atoms. The van der Waals surface area contributed by atoms with Gasteiger partial charge in [-0.3, -0.25) is 5.43 Å². The monoisotopic (exact) mass is 386 g/mol. The van der Waals surface area contributed by atoms with E-state index in [1.54, 1.807) is 0 Å². The van der Waals surface area contributed by atoms with Crippen LogP contribution in [0.3, 0.4) is 0 Å². The lowest BCUT2D eigenvalue weighted by molar-refractivity contribution is 0.835. The number of benzene rings is 2. The molecule has 0 saturated heterocycles. The molecule has 0 radical (unpaired) electrons. The lowest BCUT2D eigenvalue weighted by Gasteiger charge is -2.19. The zero-order valence-corrected chi connectivity index (χ0v) is 18.7. The minimum absolute atomic E-state index is 0.443. The first-order chi connectivity index (χ1) is 13.9. The van der Waals surface area contributed by atoms with Crippen LogP contribution >= 0.6 is 0 Å². The Labute approximate surface area is 176 Å². The molecule has 152 valence electrons. The Hall–Kier alpha value is -2.61. The maximum atomic E-state index is 4.97. The number of allylic oxidation sites excluding steroid dienone is 4. The van der Waals surface area contributed by atoms with Gasteiger partial charge in [0, 0.05) is 6.42 Å². The topological polar surface area (TPSA) is 24.4 Å². The summed E-state index contributed by atoms with van der Waals surface area (Å²) >= 11 is 0. The van der Waals surface area contributed by atoms with Crippen LogP contribution in [-0.4, -0.2) is 5.71 Å². The van der Waals surface area contributed by atoms with Crippen molar-refractivity contribution in [3.63, 3.8) is 0 Å². The third-order valence-electron chi connectivity index (χ3n) is 5.76. The van der Waals surface area contributed by atoms with Gasteiger partial charge in [0.2, 0.25) is 0 Å². The van der Waals surface area contributed by atoms with E-state index < -0.39 is 0 Å². The average Bonchev–Trinajstić information content (AvgIpc) is 3.02. The van der Waals surface area contributed by atoms with Crippen LogP contribution in [-0.2, 0) is 0 Å². The van der Waals surface area contributed by atoms with E-state index >= 15 is 0 Å². The lowest BCUT2D eigenvalue weighted by Crippen LogP contribution is -2.09. The van der Waals surface area contributed by atoms with Gasteiger partial charge in [0.1, 0.15) is 0 Å². The van der Waals surface area contributed by atoms with Crippen molar-refractivity contribution in [3.05, 3.63) is 88.0 Å². The highest BCUT2D eigenvalue weighted by atomic mass is 15.3. The summed E-state index contributed by atoms with van der Waals surface area (Å²) in [4.78, 5) is 0. The highest BCUT2D eigenvalue weighted by molar-refractivity contribution is 6.02. The van der Waals surface area contributed by atoms with Crippen molar-refractivity contribution in [1.82, 2.24) is 0 Å². The van der Waals surface area contributed by atoms with Gasteiger partial charge in [-0.05, 0) is 48.8 Å². The van der Waals surface area contributed by atoms with E-state index in [9.17, 15) is 0 Å². The van der Waals surface area contributed by atoms with E-state index in [1.807, 2.05) is 0 Å². The molecule has 2 heteroatoms. The quantitative estimate of drug-likeness (QED) is 0.381. The summed E-state index contributed by atoms with van der Waals surface area (Å²) < 4.78 is 0. The van der Waals surface area contributed by atoms with E-state index in [4.69, 9.17) is 5.10 Å². The molecular weight excluding hydrogens is 352 g/mol. The molecule has 0 heterocycles. The molecule has 0 saturated carbocycles. The Balaban J connectivity index is 1.97. The number of hydrogen-bond donors (Lipinski definition) is 1. The van der Waals surface area contributed by atoms with E-state index in [-0.39, 0.29) is 0 Å². The third kappa shape index (κ3) is 5.06. The van der Waals surface area contributed by atoms with Crippen molar-refractivity contribution in [2.45, 2.75) is 66.2 Å². The Morgan fingerprint density at radius 2 is 1.52 bits per heavy atom. The number of hydrazone groups is 1. The van der Waals surface area contributed by atoms with Crippen molar-refractivity contribution in [2.24, 2.45) is 5.10 Å². The summed E-state index contributed by atoms with van der Waals surface area (Å²) in [6.07, 6.45) is 4.25. The second kappa shape index (κ2) is 9.26. The van der Waals surface area contributed by atoms with Gasteiger partial charge in [-0.15, -0.1) is 0 Å². The fourth-order valence-electron chi connectivity index (χ4n) is 3.93. The van der Waals surface area contributed by atoms with Crippen LogP contribution in [0.25, 0.3) is 0 Å². The number of nitrogens with one attached hydrogen (secondary N) is 1. The minimum Gasteiger partial charge on any atom is -0.278 e. The molecule has 1 aliphatic carbocycles. The van der Waals surface area contributed by atoms with Crippen LogP contribution in [0.15, 0.2) is 76.4 Å². The summed E-state index contributed by atoms with van der Waals surface area (Å²) in [7, 11) is 0. The second-order valence-electron chi connectivity index (χ2n) is 8.78. The van der Waals surface area contributed by atoms with E-state index in [1.165, 1.54) is 33.4 Å². The molecule has 29 heavy (non-hydrogen) atoms. The molecule has 0 aliphatic heterocycles. The largest absolute Gasteiger partial charge is 0.278 e. The first kappa shape index (κ1) is 21.1. The molecule has 1 N–H and O–H groups in total. The highest BCUT2D eigenvalue weighted by Crippen LogP contribution is 2.33. The van der Waals surface area contributed by atoms with Crippen LogP contribution in [0.4, 0.5) is 5.69 Å². The van der Waals surface area contributed by atoms with Crippen molar-refractivity contribution < 1.29 is 0 Å². The molecule has 0 fully saturated rings. The SMILES string of the molecule is CC1=C(C)CC(CC(=NNc2c(C(C)C)cccc2C(C)C)c2ccccc2)=C1. The van der Waals surface area contributed by atoms with Crippen molar-refractivity contribution >= 4 is 11.4 Å². The molecular formula is C27H34N2. The molecule has 0 unspecified atom stereocenters. The summed E-state index contributed by atoms with van der Waals surface area (Å²) in [5, 5.41) is 4.97. The minimum atomic E-state index is 0.443. The van der Waals surface area contributed by atoms with Gasteiger partial charge in [-0.25, -0.2) is 0 Å². The predicted molar refractivity (Wildman–Crippen MR) is 127 cm³/mol. The average molecular weight is 387 g/mol. The van der Waals surface area contributed by atoms with Gasteiger partial charge in [0.15, 0.2) is 0 Å². The number of rotatable bonds is 7. The molecule has 0 atom stereocenters. The van der Waals surface area contributed by atoms with Gasteiger partial charge in [-0.2, -0.15) is 5.10 Å². The Bertz CT molecular complexity index is 918. The molecule has 2 nitrogen and oxygen atoms in total. The molecule has 0 aromatic heterocycles. The molecule has 3 rings (SSSR count). The molecule has 1 aliphatic rings. The van der Waals surface area contributed by atoms with E-state index in [2.05, 4.69) is 102 Å². The second-order valence-corrected chi connectivity index (χ2v) is 8.78. The zero-order chi connectivity index (χ0) is 21.0. The maximum Gasteiger partial charge on any atom is 0.0720 e. The number of para-hydroxylation sites is 1. The standard InChI is InChI=1S/C27H34N2/c1-18(2)24-13-10-14-25(19(3)4)27(24)29-28-26(23-11-8-7-9-12-23)17-22-15-20(5)21(6)16-22/h7-15,18-19,29H,16-17H2,1-6H3. The van der Waals surface area contributed by atoms with Crippen molar-refractivity contribution in [2.75, 3.05) is 5.43 Å². The van der Waals surface area contributed by atoms with Crippen LogP contribution < -0.4 is 5.43 Å².